The largest absolute Gasteiger partial charge is 0.466 e. The molecule has 0 spiro atoms. The van der Waals surface area contributed by atoms with Crippen molar-refractivity contribution in [3.63, 3.8) is 0 Å². The van der Waals surface area contributed by atoms with Crippen LogP contribution >= 0.6 is 35.3 Å². The van der Waals surface area contributed by atoms with Gasteiger partial charge >= 0.3 is 5.97 Å². The summed E-state index contributed by atoms with van der Waals surface area (Å²) < 4.78 is 5.12. The van der Waals surface area contributed by atoms with Crippen LogP contribution in [0.15, 0.2) is 22.5 Å². The van der Waals surface area contributed by atoms with E-state index in [1.807, 2.05) is 13.0 Å². The molecule has 130 valence electrons. The van der Waals surface area contributed by atoms with Crippen molar-refractivity contribution in [2.24, 2.45) is 10.9 Å². The van der Waals surface area contributed by atoms with Gasteiger partial charge in [0.1, 0.15) is 0 Å². The Morgan fingerprint density at radius 2 is 2.17 bits per heavy atom. The fourth-order valence-electron chi connectivity index (χ4n) is 2.57. The van der Waals surface area contributed by atoms with E-state index >= 15 is 0 Å². The lowest BCUT2D eigenvalue weighted by Gasteiger charge is -2.33. The first-order valence-electron chi connectivity index (χ1n) is 7.96. The summed E-state index contributed by atoms with van der Waals surface area (Å²) in [5.74, 6) is 0.928. The first-order valence-corrected chi connectivity index (χ1v) is 8.84. The number of piperidine rings is 1. The molecule has 0 aromatic carbocycles. The average Bonchev–Trinajstić information content (AvgIpc) is 3.05. The third-order valence-electron chi connectivity index (χ3n) is 3.71. The average molecular weight is 451 g/mol. The Morgan fingerprint density at radius 1 is 1.43 bits per heavy atom. The maximum absolute atomic E-state index is 11.8. The van der Waals surface area contributed by atoms with Gasteiger partial charge in [-0.2, -0.15) is 0 Å². The number of nitrogens with zero attached hydrogens (tertiary/aromatic N) is 2. The molecule has 0 aliphatic carbocycles. The molecule has 1 aromatic heterocycles. The molecular weight excluding hydrogens is 425 g/mol. The predicted molar refractivity (Wildman–Crippen MR) is 105 cm³/mol. The lowest BCUT2D eigenvalue weighted by molar-refractivity contribution is -0.149. The number of ether oxygens (including phenoxy) is 1. The molecule has 1 aliphatic heterocycles. The number of halogens is 1. The molecule has 7 heteroatoms. The Hall–Kier alpha value is -0.830. The summed E-state index contributed by atoms with van der Waals surface area (Å²) in [6, 6.07) is 4.15. The quantitative estimate of drug-likeness (QED) is 0.324. The minimum absolute atomic E-state index is 0. The topological polar surface area (TPSA) is 53.9 Å². The van der Waals surface area contributed by atoms with Gasteiger partial charge in [0.15, 0.2) is 5.96 Å². The van der Waals surface area contributed by atoms with Gasteiger partial charge in [-0.15, -0.1) is 35.3 Å². The van der Waals surface area contributed by atoms with Gasteiger partial charge in [0, 0.05) is 24.5 Å². The van der Waals surface area contributed by atoms with Crippen LogP contribution in [0.2, 0.25) is 0 Å². The highest BCUT2D eigenvalue weighted by Gasteiger charge is 2.27. The number of hydrogen-bond donors (Lipinski definition) is 1. The molecule has 5 nitrogen and oxygen atoms in total. The van der Waals surface area contributed by atoms with Gasteiger partial charge in [0.2, 0.25) is 0 Å². The van der Waals surface area contributed by atoms with Crippen LogP contribution in [0, 0.1) is 5.92 Å². The van der Waals surface area contributed by atoms with E-state index in [9.17, 15) is 4.79 Å². The monoisotopic (exact) mass is 451 g/mol. The van der Waals surface area contributed by atoms with Gasteiger partial charge in [-0.05, 0) is 38.1 Å². The highest BCUT2D eigenvalue weighted by Crippen LogP contribution is 2.19. The molecule has 1 fully saturated rings. The Morgan fingerprint density at radius 3 is 2.74 bits per heavy atom. The molecular formula is C16H26IN3O2S. The van der Waals surface area contributed by atoms with Gasteiger partial charge in [-0.1, -0.05) is 6.07 Å². The summed E-state index contributed by atoms with van der Waals surface area (Å²) in [7, 11) is 0. The molecule has 2 rings (SSSR count). The Labute approximate surface area is 159 Å². The van der Waals surface area contributed by atoms with Crippen molar-refractivity contribution in [3.05, 3.63) is 22.4 Å². The van der Waals surface area contributed by atoms with Crippen LogP contribution < -0.4 is 5.32 Å². The van der Waals surface area contributed by atoms with E-state index in [4.69, 9.17) is 9.73 Å². The molecule has 2 heterocycles. The van der Waals surface area contributed by atoms with Crippen LogP contribution in [-0.4, -0.2) is 43.1 Å². The van der Waals surface area contributed by atoms with Gasteiger partial charge in [0.05, 0.1) is 19.1 Å². The zero-order valence-electron chi connectivity index (χ0n) is 13.8. The Bertz CT molecular complexity index is 486. The SMILES string of the molecule is CCNC(=NCc1cccs1)N1CCC(C(=O)OCC)CC1.I. The molecule has 0 saturated carbocycles. The summed E-state index contributed by atoms with van der Waals surface area (Å²) in [6.07, 6.45) is 1.67. The van der Waals surface area contributed by atoms with Crippen molar-refractivity contribution < 1.29 is 9.53 Å². The number of thiophene rings is 1. The van der Waals surface area contributed by atoms with Crippen LogP contribution in [0.25, 0.3) is 0 Å². The molecule has 1 aromatic rings. The molecule has 0 unspecified atom stereocenters. The van der Waals surface area contributed by atoms with Crippen molar-refractivity contribution in [1.29, 1.82) is 0 Å². The number of carbonyl (C=O) groups is 1. The molecule has 1 saturated heterocycles. The summed E-state index contributed by atoms with van der Waals surface area (Å²) in [5, 5.41) is 5.42. The number of carbonyl (C=O) groups excluding carboxylic acids is 1. The lowest BCUT2D eigenvalue weighted by Crippen LogP contribution is -2.46. The fourth-order valence-corrected chi connectivity index (χ4v) is 3.20. The summed E-state index contributed by atoms with van der Waals surface area (Å²) >= 11 is 1.72. The maximum Gasteiger partial charge on any atom is 0.309 e. The van der Waals surface area contributed by atoms with E-state index in [0.717, 1.165) is 38.4 Å². The van der Waals surface area contributed by atoms with Crippen LogP contribution in [0.4, 0.5) is 0 Å². The van der Waals surface area contributed by atoms with Crippen LogP contribution in [0.1, 0.15) is 31.6 Å². The van der Waals surface area contributed by atoms with Crippen LogP contribution in [-0.2, 0) is 16.1 Å². The summed E-state index contributed by atoms with van der Waals surface area (Å²) in [5.41, 5.74) is 0. The maximum atomic E-state index is 11.8. The molecule has 0 amide bonds. The molecule has 1 aliphatic rings. The lowest BCUT2D eigenvalue weighted by atomic mass is 9.97. The zero-order chi connectivity index (χ0) is 15.8. The van der Waals surface area contributed by atoms with E-state index in [1.165, 1.54) is 4.88 Å². The Balaban J connectivity index is 0.00000264. The number of rotatable bonds is 5. The predicted octanol–water partition coefficient (Wildman–Crippen LogP) is 3.11. The summed E-state index contributed by atoms with van der Waals surface area (Å²) in [4.78, 5) is 20.0. The number of guanidine groups is 1. The van der Waals surface area contributed by atoms with Gasteiger partial charge in [0.25, 0.3) is 0 Å². The van der Waals surface area contributed by atoms with E-state index < -0.39 is 0 Å². The number of esters is 1. The van der Waals surface area contributed by atoms with Gasteiger partial charge < -0.3 is 15.0 Å². The van der Waals surface area contributed by atoms with Crippen LogP contribution in [0.5, 0.6) is 0 Å². The molecule has 1 N–H and O–H groups in total. The standard InChI is InChI=1S/C16H25N3O2S.HI/c1-3-17-16(18-12-14-6-5-11-22-14)19-9-7-13(8-10-19)15(20)21-4-2;/h5-6,11,13H,3-4,7-10,12H2,1-2H3,(H,17,18);1H. The number of aliphatic imine (C=N–C) groups is 1. The highest BCUT2D eigenvalue weighted by molar-refractivity contribution is 14.0. The fraction of sp³-hybridized carbons (Fsp3) is 0.625. The molecule has 0 radical (unpaired) electrons. The second-order valence-electron chi connectivity index (χ2n) is 5.26. The third-order valence-corrected chi connectivity index (χ3v) is 4.58. The first-order chi connectivity index (χ1) is 10.7. The smallest absolute Gasteiger partial charge is 0.309 e. The minimum Gasteiger partial charge on any atom is -0.466 e. The van der Waals surface area contributed by atoms with Gasteiger partial charge in [-0.25, -0.2) is 4.99 Å². The zero-order valence-corrected chi connectivity index (χ0v) is 16.9. The number of likely N-dealkylation sites (tertiary alicyclic amines) is 1. The van der Waals surface area contributed by atoms with E-state index in [2.05, 4.69) is 28.6 Å². The van der Waals surface area contributed by atoms with Crippen molar-refractivity contribution in [2.75, 3.05) is 26.2 Å². The molecule has 0 bridgehead atoms. The van der Waals surface area contributed by atoms with Gasteiger partial charge in [-0.3, -0.25) is 4.79 Å². The number of hydrogen-bond acceptors (Lipinski definition) is 4. The second-order valence-corrected chi connectivity index (χ2v) is 6.30. The van der Waals surface area contributed by atoms with Crippen molar-refractivity contribution in [2.45, 2.75) is 33.2 Å². The Kier molecular flexibility index (Phi) is 9.54. The van der Waals surface area contributed by atoms with E-state index in [0.29, 0.717) is 13.2 Å². The first kappa shape index (κ1) is 20.2. The van der Waals surface area contributed by atoms with Crippen molar-refractivity contribution in [1.82, 2.24) is 10.2 Å². The molecule has 23 heavy (non-hydrogen) atoms. The third kappa shape index (κ3) is 6.29. The summed E-state index contributed by atoms with van der Waals surface area (Å²) in [6.45, 7) is 7.64. The van der Waals surface area contributed by atoms with Crippen LogP contribution in [0.3, 0.4) is 0 Å². The van der Waals surface area contributed by atoms with E-state index in [-0.39, 0.29) is 35.9 Å². The van der Waals surface area contributed by atoms with Crippen molar-refractivity contribution in [3.8, 4) is 0 Å². The number of nitrogens with one attached hydrogen (secondary N) is 1. The highest BCUT2D eigenvalue weighted by atomic mass is 127. The minimum atomic E-state index is -0.0531. The van der Waals surface area contributed by atoms with E-state index in [1.54, 1.807) is 11.3 Å². The normalized spacial score (nSPS) is 15.9. The molecule has 0 atom stereocenters. The second kappa shape index (κ2) is 10.9. The van der Waals surface area contributed by atoms with Crippen molar-refractivity contribution >= 4 is 47.2 Å².